The lowest BCUT2D eigenvalue weighted by Gasteiger charge is -2.20. The molecule has 4 nitrogen and oxygen atoms in total. The van der Waals surface area contributed by atoms with Crippen molar-refractivity contribution in [3.8, 4) is 10.8 Å². The lowest BCUT2D eigenvalue weighted by molar-refractivity contribution is 0.0750. The molecular weight excluding hydrogens is 272 g/mol. The molecule has 5 heteroatoms. The largest absolute Gasteiger partial charge is 0.462 e. The van der Waals surface area contributed by atoms with Crippen LogP contribution in [0, 0.1) is 6.92 Å². The minimum Gasteiger partial charge on any atom is -0.462 e. The zero-order chi connectivity index (χ0) is 14.5. The molecule has 0 aliphatic rings. The quantitative estimate of drug-likeness (QED) is 0.809. The number of aryl methyl sites for hydroxylation is 1. The predicted molar refractivity (Wildman–Crippen MR) is 81.0 cm³/mol. The number of furan rings is 1. The van der Waals surface area contributed by atoms with E-state index in [-0.39, 0.29) is 5.91 Å². The molecule has 2 heterocycles. The van der Waals surface area contributed by atoms with E-state index in [4.69, 9.17) is 4.42 Å². The second kappa shape index (κ2) is 6.70. The fraction of sp³-hybridized carbons (Fsp3) is 0.467. The third-order valence-corrected chi connectivity index (χ3v) is 3.99. The minimum atomic E-state index is 0.0280. The lowest BCUT2D eigenvalue weighted by atomic mass is 10.3. The van der Waals surface area contributed by atoms with Gasteiger partial charge in [-0.3, -0.25) is 4.79 Å². The second-order valence-electron chi connectivity index (χ2n) is 4.69. The normalized spacial score (nSPS) is 10.8. The van der Waals surface area contributed by atoms with Gasteiger partial charge >= 0.3 is 0 Å². The number of hydrogen-bond donors (Lipinski definition) is 0. The Morgan fingerprint density at radius 1 is 1.35 bits per heavy atom. The van der Waals surface area contributed by atoms with Crippen molar-refractivity contribution < 1.29 is 9.21 Å². The molecule has 0 saturated heterocycles. The van der Waals surface area contributed by atoms with E-state index in [9.17, 15) is 4.79 Å². The van der Waals surface area contributed by atoms with E-state index in [2.05, 4.69) is 18.8 Å². The fourth-order valence-corrected chi connectivity index (χ4v) is 2.98. The van der Waals surface area contributed by atoms with Crippen LogP contribution in [0.4, 0.5) is 0 Å². The predicted octanol–water partition coefficient (Wildman–Crippen LogP) is 3.97. The zero-order valence-corrected chi connectivity index (χ0v) is 13.0. The van der Waals surface area contributed by atoms with Gasteiger partial charge in [-0.05, 0) is 31.9 Å². The average Bonchev–Trinajstić information content (AvgIpc) is 3.06. The number of rotatable bonds is 6. The molecule has 0 aromatic carbocycles. The standard InChI is InChI=1S/C15H20N2O2S/c1-4-8-17(9-5-2)15(18)13-11(3)20-14(16-13)12-7-6-10-19-12/h6-7,10H,4-5,8-9H2,1-3H3. The SMILES string of the molecule is CCCN(CCC)C(=O)c1nc(-c2ccco2)sc1C. The maximum Gasteiger partial charge on any atom is 0.273 e. The van der Waals surface area contributed by atoms with Gasteiger partial charge in [0.15, 0.2) is 10.8 Å². The van der Waals surface area contributed by atoms with Gasteiger partial charge in [0.2, 0.25) is 0 Å². The van der Waals surface area contributed by atoms with Crippen molar-refractivity contribution in [3.05, 3.63) is 29.0 Å². The van der Waals surface area contributed by atoms with E-state index < -0.39 is 0 Å². The molecule has 20 heavy (non-hydrogen) atoms. The summed E-state index contributed by atoms with van der Waals surface area (Å²) in [7, 11) is 0. The molecule has 0 aliphatic heterocycles. The number of amides is 1. The van der Waals surface area contributed by atoms with Crippen LogP contribution in [-0.2, 0) is 0 Å². The summed E-state index contributed by atoms with van der Waals surface area (Å²) in [6.45, 7) is 7.66. The maximum absolute atomic E-state index is 12.6. The molecule has 0 spiro atoms. The molecule has 0 saturated carbocycles. The van der Waals surface area contributed by atoms with Crippen LogP contribution in [-0.4, -0.2) is 28.9 Å². The number of thiazole rings is 1. The van der Waals surface area contributed by atoms with Crippen molar-refractivity contribution in [2.24, 2.45) is 0 Å². The molecule has 1 amide bonds. The highest BCUT2D eigenvalue weighted by atomic mass is 32.1. The van der Waals surface area contributed by atoms with Crippen LogP contribution in [0.3, 0.4) is 0 Å². The van der Waals surface area contributed by atoms with Crippen LogP contribution in [0.1, 0.15) is 42.1 Å². The Labute approximate surface area is 123 Å². The summed E-state index contributed by atoms with van der Waals surface area (Å²) in [6.07, 6.45) is 3.54. The first-order valence-corrected chi connectivity index (χ1v) is 7.79. The van der Waals surface area contributed by atoms with Gasteiger partial charge in [0.05, 0.1) is 6.26 Å². The van der Waals surface area contributed by atoms with E-state index in [1.165, 1.54) is 11.3 Å². The smallest absolute Gasteiger partial charge is 0.273 e. The topological polar surface area (TPSA) is 46.3 Å². The van der Waals surface area contributed by atoms with E-state index in [0.717, 1.165) is 41.6 Å². The Hall–Kier alpha value is -1.62. The van der Waals surface area contributed by atoms with E-state index in [0.29, 0.717) is 5.69 Å². The molecule has 2 aromatic rings. The summed E-state index contributed by atoms with van der Waals surface area (Å²) in [5.41, 5.74) is 0.559. The monoisotopic (exact) mass is 292 g/mol. The van der Waals surface area contributed by atoms with E-state index in [1.54, 1.807) is 6.26 Å². The highest BCUT2D eigenvalue weighted by Crippen LogP contribution is 2.28. The highest BCUT2D eigenvalue weighted by Gasteiger charge is 2.21. The molecule has 0 aliphatic carbocycles. The van der Waals surface area contributed by atoms with Gasteiger partial charge in [-0.15, -0.1) is 11.3 Å². The van der Waals surface area contributed by atoms with Gasteiger partial charge in [-0.1, -0.05) is 13.8 Å². The van der Waals surface area contributed by atoms with Gasteiger partial charge in [-0.25, -0.2) is 4.98 Å². The van der Waals surface area contributed by atoms with Gasteiger partial charge < -0.3 is 9.32 Å². The number of nitrogens with zero attached hydrogens (tertiary/aromatic N) is 2. The number of hydrogen-bond acceptors (Lipinski definition) is 4. The second-order valence-corrected chi connectivity index (χ2v) is 5.90. The van der Waals surface area contributed by atoms with Crippen molar-refractivity contribution in [3.63, 3.8) is 0 Å². The van der Waals surface area contributed by atoms with Crippen LogP contribution in [0.25, 0.3) is 10.8 Å². The third kappa shape index (κ3) is 3.10. The average molecular weight is 292 g/mol. The summed E-state index contributed by atoms with van der Waals surface area (Å²) in [4.78, 5) is 19.9. The molecule has 0 bridgehead atoms. The molecule has 108 valence electrons. The first kappa shape index (κ1) is 14.8. The van der Waals surface area contributed by atoms with Crippen molar-refractivity contribution in [2.75, 3.05) is 13.1 Å². The van der Waals surface area contributed by atoms with Crippen LogP contribution < -0.4 is 0 Å². The molecule has 0 fully saturated rings. The Balaban J connectivity index is 2.25. The molecule has 0 radical (unpaired) electrons. The molecule has 0 unspecified atom stereocenters. The molecule has 0 N–H and O–H groups in total. The van der Waals surface area contributed by atoms with Gasteiger partial charge in [0.1, 0.15) is 5.69 Å². The molecular formula is C15H20N2O2S. The van der Waals surface area contributed by atoms with Crippen LogP contribution >= 0.6 is 11.3 Å². The summed E-state index contributed by atoms with van der Waals surface area (Å²) in [6, 6.07) is 3.69. The minimum absolute atomic E-state index is 0.0280. The third-order valence-electron chi connectivity index (χ3n) is 3.01. The molecule has 2 rings (SSSR count). The Kier molecular flexibility index (Phi) is 4.95. The Morgan fingerprint density at radius 3 is 2.60 bits per heavy atom. The fourth-order valence-electron chi connectivity index (χ4n) is 2.10. The van der Waals surface area contributed by atoms with Gasteiger partial charge in [0, 0.05) is 18.0 Å². The zero-order valence-electron chi connectivity index (χ0n) is 12.2. The van der Waals surface area contributed by atoms with Crippen molar-refractivity contribution in [2.45, 2.75) is 33.6 Å². The molecule has 0 atom stereocenters. The summed E-state index contributed by atoms with van der Waals surface area (Å²) < 4.78 is 5.35. The number of carbonyl (C=O) groups is 1. The number of carbonyl (C=O) groups excluding carboxylic acids is 1. The first-order chi connectivity index (χ1) is 9.67. The van der Waals surface area contributed by atoms with Crippen molar-refractivity contribution in [1.29, 1.82) is 0 Å². The Morgan fingerprint density at radius 2 is 2.05 bits per heavy atom. The maximum atomic E-state index is 12.6. The summed E-state index contributed by atoms with van der Waals surface area (Å²) in [5.74, 6) is 0.745. The lowest BCUT2D eigenvalue weighted by Crippen LogP contribution is -2.33. The van der Waals surface area contributed by atoms with E-state index >= 15 is 0 Å². The summed E-state index contributed by atoms with van der Waals surface area (Å²) >= 11 is 1.50. The van der Waals surface area contributed by atoms with Crippen LogP contribution in [0.15, 0.2) is 22.8 Å². The van der Waals surface area contributed by atoms with E-state index in [1.807, 2.05) is 24.0 Å². The Bertz CT molecular complexity index is 554. The van der Waals surface area contributed by atoms with Crippen molar-refractivity contribution >= 4 is 17.2 Å². The highest BCUT2D eigenvalue weighted by molar-refractivity contribution is 7.15. The van der Waals surface area contributed by atoms with Gasteiger partial charge in [-0.2, -0.15) is 0 Å². The van der Waals surface area contributed by atoms with Crippen molar-refractivity contribution in [1.82, 2.24) is 9.88 Å². The van der Waals surface area contributed by atoms with Gasteiger partial charge in [0.25, 0.3) is 5.91 Å². The first-order valence-electron chi connectivity index (χ1n) is 6.98. The van der Waals surface area contributed by atoms with Crippen LogP contribution in [0.5, 0.6) is 0 Å². The van der Waals surface area contributed by atoms with Crippen LogP contribution in [0.2, 0.25) is 0 Å². The number of aromatic nitrogens is 1. The summed E-state index contributed by atoms with van der Waals surface area (Å²) in [5, 5.41) is 0.767. The molecule has 2 aromatic heterocycles.